The second kappa shape index (κ2) is 9.79. The molecule has 0 N–H and O–H groups in total. The van der Waals surface area contributed by atoms with E-state index in [-0.39, 0.29) is 30.9 Å². The zero-order chi connectivity index (χ0) is 22.5. The number of aryl methyl sites for hydroxylation is 2. The Labute approximate surface area is 184 Å². The number of carbonyl (C=O) groups excluding carboxylic acids is 2. The Morgan fingerprint density at radius 2 is 1.81 bits per heavy atom. The molecule has 0 saturated carbocycles. The first kappa shape index (κ1) is 22.6. The van der Waals surface area contributed by atoms with Crippen molar-refractivity contribution < 1.29 is 23.5 Å². The van der Waals surface area contributed by atoms with Crippen LogP contribution in [0.4, 0.5) is 0 Å². The molecule has 31 heavy (non-hydrogen) atoms. The van der Waals surface area contributed by atoms with Gasteiger partial charge in [0.15, 0.2) is 12.4 Å². The summed E-state index contributed by atoms with van der Waals surface area (Å²) in [5, 5.41) is 1.27. The summed E-state index contributed by atoms with van der Waals surface area (Å²) in [5.41, 5.74) is 1.82. The average molecular weight is 443 g/mol. The summed E-state index contributed by atoms with van der Waals surface area (Å²) in [7, 11) is 0. The summed E-state index contributed by atoms with van der Waals surface area (Å²) in [6.45, 7) is 5.17. The Morgan fingerprint density at radius 1 is 1.10 bits per heavy atom. The molecule has 0 fully saturated rings. The van der Waals surface area contributed by atoms with Crippen LogP contribution in [0.25, 0.3) is 11.0 Å². The topological polar surface area (TPSA) is 82.8 Å². The lowest BCUT2D eigenvalue weighted by Gasteiger charge is -2.14. The molecule has 0 bridgehead atoms. The fourth-order valence-electron chi connectivity index (χ4n) is 3.14. The fraction of sp³-hybridized carbons (Fsp3) is 0.292. The molecule has 0 saturated heterocycles. The van der Waals surface area contributed by atoms with E-state index < -0.39 is 5.63 Å². The van der Waals surface area contributed by atoms with Crippen LogP contribution in [0, 0.1) is 6.92 Å². The first-order valence-corrected chi connectivity index (χ1v) is 10.3. The van der Waals surface area contributed by atoms with Crippen molar-refractivity contribution >= 4 is 34.3 Å². The highest BCUT2D eigenvalue weighted by Gasteiger charge is 2.15. The molecule has 0 atom stereocenters. The van der Waals surface area contributed by atoms with E-state index in [1.165, 1.54) is 6.07 Å². The van der Waals surface area contributed by atoms with E-state index in [0.717, 1.165) is 10.9 Å². The maximum Gasteiger partial charge on any atom is 0.336 e. The standard InChI is InChI=1S/C24H23ClO6/c1-14(2)30-23(27)9-6-17-11-19-15(3)10-24(28)31-22(19)12-21(17)29-13-20(26)16-4-7-18(25)8-5-16/h4-5,7-8,10-12,14H,6,9,13H2,1-3H3. The number of Topliss-reactive ketones (excluding diaryl/α,β-unsaturated/α-hetero) is 1. The quantitative estimate of drug-likeness (QED) is 0.280. The zero-order valence-corrected chi connectivity index (χ0v) is 18.3. The number of ether oxygens (including phenoxy) is 2. The molecule has 3 aromatic rings. The molecule has 0 radical (unpaired) electrons. The molecule has 162 valence electrons. The molecule has 0 amide bonds. The van der Waals surface area contributed by atoms with E-state index >= 15 is 0 Å². The highest BCUT2D eigenvalue weighted by Crippen LogP contribution is 2.29. The second-order valence-electron chi connectivity index (χ2n) is 7.46. The van der Waals surface area contributed by atoms with Crippen LogP contribution in [-0.4, -0.2) is 24.5 Å². The van der Waals surface area contributed by atoms with Gasteiger partial charge in [0.25, 0.3) is 0 Å². The van der Waals surface area contributed by atoms with E-state index in [1.54, 1.807) is 51.1 Å². The van der Waals surface area contributed by atoms with Gasteiger partial charge in [0.2, 0.25) is 0 Å². The summed E-state index contributed by atoms with van der Waals surface area (Å²) < 4.78 is 16.3. The minimum Gasteiger partial charge on any atom is -0.485 e. The van der Waals surface area contributed by atoms with Gasteiger partial charge < -0.3 is 13.9 Å². The number of fused-ring (bicyclic) bond motifs is 1. The van der Waals surface area contributed by atoms with Crippen molar-refractivity contribution in [1.29, 1.82) is 0 Å². The summed E-state index contributed by atoms with van der Waals surface area (Å²) in [6.07, 6.45) is 0.305. The largest absolute Gasteiger partial charge is 0.485 e. The van der Waals surface area contributed by atoms with Crippen LogP contribution in [0.2, 0.25) is 5.02 Å². The molecular weight excluding hydrogens is 420 g/mol. The SMILES string of the molecule is Cc1cc(=O)oc2cc(OCC(=O)c3ccc(Cl)cc3)c(CCC(=O)OC(C)C)cc12. The molecule has 0 aliphatic rings. The van der Waals surface area contributed by atoms with E-state index in [1.807, 2.05) is 6.07 Å². The Kier molecular flexibility index (Phi) is 7.13. The number of ketones is 1. The number of hydrogen-bond donors (Lipinski definition) is 0. The van der Waals surface area contributed by atoms with E-state index in [2.05, 4.69) is 0 Å². The molecule has 0 aliphatic carbocycles. The molecule has 3 rings (SSSR count). The number of hydrogen-bond acceptors (Lipinski definition) is 6. The van der Waals surface area contributed by atoms with Crippen LogP contribution in [0.1, 0.15) is 41.8 Å². The summed E-state index contributed by atoms with van der Waals surface area (Å²) in [6, 6.07) is 11.3. The zero-order valence-electron chi connectivity index (χ0n) is 17.6. The molecule has 0 spiro atoms. The highest BCUT2D eigenvalue weighted by atomic mass is 35.5. The van der Waals surface area contributed by atoms with Gasteiger partial charge in [-0.05, 0) is 68.7 Å². The molecule has 1 heterocycles. The number of benzene rings is 2. The van der Waals surface area contributed by atoms with Crippen molar-refractivity contribution in [2.24, 2.45) is 0 Å². The lowest BCUT2D eigenvalue weighted by atomic mass is 10.0. The maximum absolute atomic E-state index is 12.5. The third kappa shape index (κ3) is 5.95. The minimum atomic E-state index is -0.471. The Hall–Kier alpha value is -3.12. The first-order chi connectivity index (χ1) is 14.7. The highest BCUT2D eigenvalue weighted by molar-refractivity contribution is 6.30. The Morgan fingerprint density at radius 3 is 2.48 bits per heavy atom. The smallest absolute Gasteiger partial charge is 0.336 e. The van der Waals surface area contributed by atoms with E-state index in [0.29, 0.717) is 33.9 Å². The molecular formula is C24H23ClO6. The van der Waals surface area contributed by atoms with Crippen molar-refractivity contribution in [2.45, 2.75) is 39.7 Å². The normalized spacial score (nSPS) is 11.0. The molecule has 0 unspecified atom stereocenters. The minimum absolute atomic E-state index is 0.154. The average Bonchev–Trinajstić information content (AvgIpc) is 2.70. The van der Waals surface area contributed by atoms with Crippen LogP contribution in [0.5, 0.6) is 5.75 Å². The van der Waals surface area contributed by atoms with Crippen LogP contribution < -0.4 is 10.4 Å². The summed E-state index contributed by atoms with van der Waals surface area (Å²) >= 11 is 5.87. The van der Waals surface area contributed by atoms with Crippen molar-refractivity contribution in [1.82, 2.24) is 0 Å². The van der Waals surface area contributed by atoms with Crippen molar-refractivity contribution in [3.63, 3.8) is 0 Å². The van der Waals surface area contributed by atoms with Gasteiger partial charge in [0, 0.05) is 34.5 Å². The number of carbonyl (C=O) groups is 2. The molecule has 0 aliphatic heterocycles. The predicted molar refractivity (Wildman–Crippen MR) is 118 cm³/mol. The summed E-state index contributed by atoms with van der Waals surface area (Å²) in [4.78, 5) is 36.3. The van der Waals surface area contributed by atoms with Crippen LogP contribution >= 0.6 is 11.6 Å². The lowest BCUT2D eigenvalue weighted by molar-refractivity contribution is -0.147. The second-order valence-corrected chi connectivity index (χ2v) is 7.90. The lowest BCUT2D eigenvalue weighted by Crippen LogP contribution is -2.14. The maximum atomic E-state index is 12.5. The number of halogens is 1. The Balaban J connectivity index is 1.87. The van der Waals surface area contributed by atoms with Gasteiger partial charge in [-0.1, -0.05) is 11.6 Å². The fourth-order valence-corrected chi connectivity index (χ4v) is 3.27. The van der Waals surface area contributed by atoms with Crippen LogP contribution in [0.15, 0.2) is 51.7 Å². The third-order valence-electron chi connectivity index (χ3n) is 4.62. The molecule has 2 aromatic carbocycles. The summed E-state index contributed by atoms with van der Waals surface area (Å²) in [5.74, 6) is -0.178. The predicted octanol–water partition coefficient (Wildman–Crippen LogP) is 4.90. The van der Waals surface area contributed by atoms with Crippen LogP contribution in [-0.2, 0) is 16.0 Å². The van der Waals surface area contributed by atoms with Gasteiger partial charge >= 0.3 is 11.6 Å². The number of esters is 1. The molecule has 6 nitrogen and oxygen atoms in total. The van der Waals surface area contributed by atoms with Crippen molar-refractivity contribution in [2.75, 3.05) is 6.61 Å². The monoisotopic (exact) mass is 442 g/mol. The first-order valence-electron chi connectivity index (χ1n) is 9.91. The third-order valence-corrected chi connectivity index (χ3v) is 4.87. The van der Waals surface area contributed by atoms with Gasteiger partial charge in [-0.3, -0.25) is 9.59 Å². The van der Waals surface area contributed by atoms with Gasteiger partial charge in [0.1, 0.15) is 11.3 Å². The van der Waals surface area contributed by atoms with Gasteiger partial charge in [-0.15, -0.1) is 0 Å². The van der Waals surface area contributed by atoms with Crippen molar-refractivity contribution in [3.05, 3.63) is 74.6 Å². The van der Waals surface area contributed by atoms with Gasteiger partial charge in [-0.25, -0.2) is 4.79 Å². The van der Waals surface area contributed by atoms with E-state index in [9.17, 15) is 14.4 Å². The van der Waals surface area contributed by atoms with Gasteiger partial charge in [0.05, 0.1) is 6.10 Å². The van der Waals surface area contributed by atoms with Crippen LogP contribution in [0.3, 0.4) is 0 Å². The molecule has 7 heteroatoms. The Bertz CT molecular complexity index is 1160. The van der Waals surface area contributed by atoms with E-state index in [4.69, 9.17) is 25.5 Å². The van der Waals surface area contributed by atoms with Crippen molar-refractivity contribution in [3.8, 4) is 5.75 Å². The molecule has 1 aromatic heterocycles. The number of rotatable bonds is 8. The van der Waals surface area contributed by atoms with Gasteiger partial charge in [-0.2, -0.15) is 0 Å².